The summed E-state index contributed by atoms with van der Waals surface area (Å²) in [5.74, 6) is 0.721. The third-order valence-electron chi connectivity index (χ3n) is 7.94. The molecule has 0 radical (unpaired) electrons. The standard InChI is InChI=1S/C40H26N2S/c1-3-9-27(10-4-1)28-15-17-29(18-16-28)30-19-21-32(22-20-30)40-41-36(31-11-5-2-6-12-31)26-37(42-40)33-23-24-35-34-13-7-8-14-38(34)43-39(35)25-33/h1-26H. The fourth-order valence-corrected chi connectivity index (χ4v) is 6.81. The molecule has 2 aromatic heterocycles. The maximum absolute atomic E-state index is 5.10. The Kier molecular flexibility index (Phi) is 6.36. The highest BCUT2D eigenvalue weighted by Crippen LogP contribution is 2.37. The topological polar surface area (TPSA) is 25.8 Å². The molecule has 8 aromatic rings. The molecule has 0 amide bonds. The van der Waals surface area contributed by atoms with Crippen molar-refractivity contribution in [3.8, 4) is 56.2 Å². The third kappa shape index (κ3) is 4.90. The Morgan fingerprint density at radius 1 is 0.326 bits per heavy atom. The second-order valence-electron chi connectivity index (χ2n) is 10.7. The van der Waals surface area contributed by atoms with Gasteiger partial charge in [0.05, 0.1) is 11.4 Å². The fraction of sp³-hybridized carbons (Fsp3) is 0. The van der Waals surface area contributed by atoms with Crippen LogP contribution in [0.1, 0.15) is 0 Å². The van der Waals surface area contributed by atoms with E-state index >= 15 is 0 Å². The Hall–Kier alpha value is -5.38. The molecule has 2 nitrogen and oxygen atoms in total. The third-order valence-corrected chi connectivity index (χ3v) is 9.07. The molecule has 3 heteroatoms. The summed E-state index contributed by atoms with van der Waals surface area (Å²) in [4.78, 5) is 10.1. The SMILES string of the molecule is c1ccc(-c2ccc(-c3ccc(-c4nc(-c5ccccc5)cc(-c5ccc6c(c5)sc5ccccc56)n4)cc3)cc2)cc1. The maximum atomic E-state index is 5.10. The largest absolute Gasteiger partial charge is 0.228 e. The first-order valence-corrected chi connectivity index (χ1v) is 15.2. The summed E-state index contributed by atoms with van der Waals surface area (Å²) in [6.07, 6.45) is 0. The molecule has 2 heterocycles. The van der Waals surface area contributed by atoms with Crippen LogP contribution in [-0.2, 0) is 0 Å². The molecule has 0 fully saturated rings. The molecule has 0 saturated carbocycles. The van der Waals surface area contributed by atoms with Gasteiger partial charge in [-0.25, -0.2) is 9.97 Å². The van der Waals surface area contributed by atoms with E-state index in [1.54, 1.807) is 0 Å². The molecule has 0 bridgehead atoms. The van der Waals surface area contributed by atoms with E-state index in [2.05, 4.69) is 146 Å². The zero-order valence-corrected chi connectivity index (χ0v) is 24.1. The normalized spacial score (nSPS) is 11.3. The summed E-state index contributed by atoms with van der Waals surface area (Å²) in [5.41, 5.74) is 9.78. The lowest BCUT2D eigenvalue weighted by Crippen LogP contribution is -1.96. The Morgan fingerprint density at radius 3 is 1.44 bits per heavy atom. The maximum Gasteiger partial charge on any atom is 0.160 e. The van der Waals surface area contributed by atoms with Gasteiger partial charge in [-0.3, -0.25) is 0 Å². The van der Waals surface area contributed by atoms with Crippen molar-refractivity contribution in [2.45, 2.75) is 0 Å². The summed E-state index contributed by atoms with van der Waals surface area (Å²) in [7, 11) is 0. The monoisotopic (exact) mass is 566 g/mol. The van der Waals surface area contributed by atoms with Crippen molar-refractivity contribution in [1.29, 1.82) is 0 Å². The first-order chi connectivity index (χ1) is 21.3. The van der Waals surface area contributed by atoms with Crippen molar-refractivity contribution in [3.63, 3.8) is 0 Å². The molecule has 0 aliphatic heterocycles. The number of hydrogen-bond donors (Lipinski definition) is 0. The summed E-state index contributed by atoms with van der Waals surface area (Å²) in [6, 6.07) is 55.5. The number of hydrogen-bond acceptors (Lipinski definition) is 3. The lowest BCUT2D eigenvalue weighted by Gasteiger charge is -2.10. The number of thiophene rings is 1. The molecule has 6 aromatic carbocycles. The first-order valence-electron chi connectivity index (χ1n) is 14.4. The van der Waals surface area contributed by atoms with Gasteiger partial charge in [-0.2, -0.15) is 0 Å². The second-order valence-corrected chi connectivity index (χ2v) is 11.7. The van der Waals surface area contributed by atoms with E-state index in [4.69, 9.17) is 9.97 Å². The van der Waals surface area contributed by atoms with Gasteiger partial charge in [0.1, 0.15) is 0 Å². The van der Waals surface area contributed by atoms with Crippen LogP contribution in [0, 0.1) is 0 Å². The van der Waals surface area contributed by atoms with E-state index in [1.807, 2.05) is 23.5 Å². The Labute approximate surface area is 254 Å². The summed E-state index contributed by atoms with van der Waals surface area (Å²) < 4.78 is 2.57. The van der Waals surface area contributed by atoms with E-state index in [0.29, 0.717) is 0 Å². The van der Waals surface area contributed by atoms with Gasteiger partial charge in [0, 0.05) is 36.9 Å². The Morgan fingerprint density at radius 2 is 0.791 bits per heavy atom. The number of nitrogens with zero attached hydrogens (tertiary/aromatic N) is 2. The second kappa shape index (κ2) is 10.8. The van der Waals surface area contributed by atoms with Gasteiger partial charge in [0.25, 0.3) is 0 Å². The molecule has 0 atom stereocenters. The number of aromatic nitrogens is 2. The average molecular weight is 567 g/mol. The summed E-state index contributed by atoms with van der Waals surface area (Å²) in [6.45, 7) is 0. The van der Waals surface area contributed by atoms with E-state index in [-0.39, 0.29) is 0 Å². The summed E-state index contributed by atoms with van der Waals surface area (Å²) in [5, 5.41) is 2.59. The van der Waals surface area contributed by atoms with Crippen molar-refractivity contribution >= 4 is 31.5 Å². The van der Waals surface area contributed by atoms with Crippen molar-refractivity contribution in [1.82, 2.24) is 9.97 Å². The predicted molar refractivity (Wildman–Crippen MR) is 182 cm³/mol. The van der Waals surface area contributed by atoms with Crippen LogP contribution >= 0.6 is 11.3 Å². The van der Waals surface area contributed by atoms with E-state index in [9.17, 15) is 0 Å². The highest BCUT2D eigenvalue weighted by molar-refractivity contribution is 7.25. The molecule has 0 spiro atoms. The zero-order chi connectivity index (χ0) is 28.6. The van der Waals surface area contributed by atoms with Crippen molar-refractivity contribution in [2.75, 3.05) is 0 Å². The van der Waals surface area contributed by atoms with Gasteiger partial charge in [-0.1, -0.05) is 140 Å². The molecule has 0 aliphatic rings. The van der Waals surface area contributed by atoms with Crippen molar-refractivity contribution < 1.29 is 0 Å². The molecule has 0 unspecified atom stereocenters. The van der Waals surface area contributed by atoms with E-state index < -0.39 is 0 Å². The van der Waals surface area contributed by atoms with Crippen LogP contribution in [0.4, 0.5) is 0 Å². The lowest BCUT2D eigenvalue weighted by molar-refractivity contribution is 1.18. The molecular formula is C40H26N2S. The molecule has 43 heavy (non-hydrogen) atoms. The van der Waals surface area contributed by atoms with Crippen LogP contribution in [0.15, 0.2) is 158 Å². The molecule has 0 aliphatic carbocycles. The minimum atomic E-state index is 0.721. The first kappa shape index (κ1) is 25.3. The van der Waals surface area contributed by atoms with Gasteiger partial charge in [0.2, 0.25) is 0 Å². The van der Waals surface area contributed by atoms with Crippen LogP contribution in [-0.4, -0.2) is 9.97 Å². The number of rotatable bonds is 5. The zero-order valence-electron chi connectivity index (χ0n) is 23.3. The van der Waals surface area contributed by atoms with Gasteiger partial charge in [-0.15, -0.1) is 11.3 Å². The summed E-state index contributed by atoms with van der Waals surface area (Å²) >= 11 is 1.83. The highest BCUT2D eigenvalue weighted by Gasteiger charge is 2.13. The lowest BCUT2D eigenvalue weighted by atomic mass is 9.99. The number of benzene rings is 6. The average Bonchev–Trinajstić information content (AvgIpc) is 3.47. The molecule has 8 rings (SSSR count). The van der Waals surface area contributed by atoms with Crippen LogP contribution in [0.2, 0.25) is 0 Å². The van der Waals surface area contributed by atoms with Gasteiger partial charge < -0.3 is 0 Å². The number of fused-ring (bicyclic) bond motifs is 3. The minimum Gasteiger partial charge on any atom is -0.228 e. The van der Waals surface area contributed by atoms with Crippen molar-refractivity contribution in [3.05, 3.63) is 158 Å². The Bertz CT molecular complexity index is 2200. The van der Waals surface area contributed by atoms with Crippen LogP contribution in [0.25, 0.3) is 76.3 Å². The molecule has 202 valence electrons. The van der Waals surface area contributed by atoms with E-state index in [1.165, 1.54) is 36.9 Å². The van der Waals surface area contributed by atoms with Crippen molar-refractivity contribution in [2.24, 2.45) is 0 Å². The molecular weight excluding hydrogens is 541 g/mol. The van der Waals surface area contributed by atoms with Gasteiger partial charge in [-0.05, 0) is 40.5 Å². The van der Waals surface area contributed by atoms with Gasteiger partial charge in [0.15, 0.2) is 5.82 Å². The minimum absolute atomic E-state index is 0.721. The quantitative estimate of drug-likeness (QED) is 0.207. The van der Waals surface area contributed by atoms with Gasteiger partial charge >= 0.3 is 0 Å². The smallest absolute Gasteiger partial charge is 0.160 e. The predicted octanol–water partition coefficient (Wildman–Crippen LogP) is 11.2. The van der Waals surface area contributed by atoms with E-state index in [0.717, 1.165) is 39.5 Å². The highest BCUT2D eigenvalue weighted by atomic mass is 32.1. The van der Waals surface area contributed by atoms with Crippen LogP contribution < -0.4 is 0 Å². The Balaban J connectivity index is 1.17. The van der Waals surface area contributed by atoms with Crippen LogP contribution in [0.5, 0.6) is 0 Å². The fourth-order valence-electron chi connectivity index (χ4n) is 5.66. The van der Waals surface area contributed by atoms with Crippen LogP contribution in [0.3, 0.4) is 0 Å². The molecule has 0 N–H and O–H groups in total. The molecule has 0 saturated heterocycles.